The van der Waals surface area contributed by atoms with Crippen LogP contribution in [-0.2, 0) is 12.8 Å². The molecular weight excluding hydrogens is 350 g/mol. The molecule has 1 aliphatic rings. The van der Waals surface area contributed by atoms with E-state index in [4.69, 9.17) is 0 Å². The molecule has 1 saturated carbocycles. The van der Waals surface area contributed by atoms with E-state index in [-0.39, 0.29) is 0 Å². The lowest BCUT2D eigenvalue weighted by Crippen LogP contribution is -2.31. The Labute approximate surface area is 176 Å². The molecule has 29 heavy (non-hydrogen) atoms. The Bertz CT molecular complexity index is 871. The molecule has 1 heteroatoms. The maximum absolute atomic E-state index is 3.94. The maximum Gasteiger partial charge on any atom is 0.0372 e. The number of hydrogen-bond acceptors (Lipinski definition) is 1. The van der Waals surface area contributed by atoms with Gasteiger partial charge < -0.3 is 5.32 Å². The van der Waals surface area contributed by atoms with Gasteiger partial charge in [0.05, 0.1) is 0 Å². The van der Waals surface area contributed by atoms with E-state index in [1.807, 2.05) is 0 Å². The predicted molar refractivity (Wildman–Crippen MR) is 124 cm³/mol. The van der Waals surface area contributed by atoms with E-state index < -0.39 is 0 Å². The lowest BCUT2D eigenvalue weighted by Gasteiger charge is -2.29. The Morgan fingerprint density at radius 2 is 1.34 bits per heavy atom. The van der Waals surface area contributed by atoms with Crippen molar-refractivity contribution < 1.29 is 0 Å². The molecule has 3 aromatic rings. The first kappa shape index (κ1) is 19.8. The zero-order chi connectivity index (χ0) is 19.9. The second kappa shape index (κ2) is 9.78. The average molecular weight is 384 g/mol. The van der Waals surface area contributed by atoms with E-state index in [9.17, 15) is 0 Å². The lowest BCUT2D eigenvalue weighted by molar-refractivity contribution is 0.353. The van der Waals surface area contributed by atoms with Crippen LogP contribution in [0.15, 0.2) is 84.9 Å². The first-order chi connectivity index (χ1) is 14.3. The van der Waals surface area contributed by atoms with Crippen LogP contribution >= 0.6 is 0 Å². The third-order valence-electron chi connectivity index (χ3n) is 6.53. The van der Waals surface area contributed by atoms with Gasteiger partial charge in [0.1, 0.15) is 0 Å². The van der Waals surface area contributed by atoms with Crippen LogP contribution in [0.3, 0.4) is 0 Å². The van der Waals surface area contributed by atoms with E-state index in [2.05, 4.69) is 97.2 Å². The highest BCUT2D eigenvalue weighted by atomic mass is 14.9. The quantitative estimate of drug-likeness (QED) is 0.449. The van der Waals surface area contributed by atoms with Crippen molar-refractivity contribution in [3.8, 4) is 0 Å². The van der Waals surface area contributed by atoms with Gasteiger partial charge >= 0.3 is 0 Å². The minimum absolute atomic E-state index is 0.539. The number of aryl methyl sites for hydroxylation is 1. The molecule has 0 saturated heterocycles. The molecule has 3 unspecified atom stereocenters. The Kier molecular flexibility index (Phi) is 6.67. The van der Waals surface area contributed by atoms with Crippen LogP contribution in [0.5, 0.6) is 0 Å². The molecule has 0 radical (unpaired) electrons. The van der Waals surface area contributed by atoms with Gasteiger partial charge in [-0.2, -0.15) is 0 Å². The van der Waals surface area contributed by atoms with Crippen LogP contribution < -0.4 is 5.32 Å². The second-order valence-corrected chi connectivity index (χ2v) is 8.74. The van der Waals surface area contributed by atoms with E-state index in [1.165, 1.54) is 54.5 Å². The number of anilines is 1. The van der Waals surface area contributed by atoms with Crippen LogP contribution in [0.25, 0.3) is 0 Å². The van der Waals surface area contributed by atoms with Crippen molar-refractivity contribution in [2.24, 2.45) is 11.8 Å². The highest BCUT2D eigenvalue weighted by Gasteiger charge is 2.29. The SMILES string of the molecule is Cc1ccccc1NC1CCCC(Cc2ccccc2)CC1Cc1ccccc1. The largest absolute Gasteiger partial charge is 0.382 e. The fourth-order valence-electron chi connectivity index (χ4n) is 4.97. The zero-order valence-corrected chi connectivity index (χ0v) is 17.6. The molecule has 1 fully saturated rings. The molecule has 150 valence electrons. The van der Waals surface area contributed by atoms with E-state index in [1.54, 1.807) is 0 Å². The molecule has 0 amide bonds. The first-order valence-corrected chi connectivity index (χ1v) is 11.2. The van der Waals surface area contributed by atoms with Crippen molar-refractivity contribution in [2.75, 3.05) is 5.32 Å². The van der Waals surface area contributed by atoms with E-state index >= 15 is 0 Å². The molecule has 0 bridgehead atoms. The van der Waals surface area contributed by atoms with Crippen molar-refractivity contribution in [2.45, 2.75) is 51.5 Å². The molecule has 1 aliphatic carbocycles. The number of hydrogen-bond donors (Lipinski definition) is 1. The highest BCUT2D eigenvalue weighted by Crippen LogP contribution is 2.34. The van der Waals surface area contributed by atoms with E-state index in [0.29, 0.717) is 12.0 Å². The summed E-state index contributed by atoms with van der Waals surface area (Å²) in [6.07, 6.45) is 7.59. The molecule has 4 rings (SSSR count). The van der Waals surface area contributed by atoms with Crippen molar-refractivity contribution in [3.63, 3.8) is 0 Å². The van der Waals surface area contributed by atoms with Crippen LogP contribution in [0.1, 0.15) is 42.4 Å². The van der Waals surface area contributed by atoms with Gasteiger partial charge in [0, 0.05) is 11.7 Å². The molecule has 0 aromatic heterocycles. The molecule has 3 aromatic carbocycles. The van der Waals surface area contributed by atoms with E-state index in [0.717, 1.165) is 12.3 Å². The van der Waals surface area contributed by atoms with Crippen LogP contribution in [0.4, 0.5) is 5.69 Å². The number of nitrogens with one attached hydrogen (secondary N) is 1. The summed E-state index contributed by atoms with van der Waals surface area (Å²) in [7, 11) is 0. The smallest absolute Gasteiger partial charge is 0.0372 e. The summed E-state index contributed by atoms with van der Waals surface area (Å²) in [4.78, 5) is 0. The standard InChI is InChI=1S/C28H33N/c1-22-11-8-9-17-27(22)29-28-18-10-16-25(19-23-12-4-2-5-13-23)21-26(28)20-24-14-6-3-7-15-24/h2-9,11-15,17,25-26,28-29H,10,16,18-21H2,1H3. The third kappa shape index (κ3) is 5.50. The predicted octanol–water partition coefficient (Wildman–Crippen LogP) is 7.07. The molecule has 0 heterocycles. The van der Waals surface area contributed by atoms with Crippen LogP contribution in [0.2, 0.25) is 0 Å². The summed E-state index contributed by atoms with van der Waals surface area (Å²) in [5, 5.41) is 3.94. The Balaban J connectivity index is 1.53. The van der Waals surface area contributed by atoms with Gasteiger partial charge in [-0.25, -0.2) is 0 Å². The fraction of sp³-hybridized carbons (Fsp3) is 0.357. The number of para-hydroxylation sites is 1. The Morgan fingerprint density at radius 1 is 0.724 bits per heavy atom. The molecule has 1 N–H and O–H groups in total. The Morgan fingerprint density at radius 3 is 2.03 bits per heavy atom. The molecule has 0 aliphatic heterocycles. The minimum atomic E-state index is 0.539. The summed E-state index contributed by atoms with van der Waals surface area (Å²) >= 11 is 0. The van der Waals surface area contributed by atoms with Gasteiger partial charge in [-0.15, -0.1) is 0 Å². The third-order valence-corrected chi connectivity index (χ3v) is 6.53. The van der Waals surface area contributed by atoms with Crippen molar-refractivity contribution in [3.05, 3.63) is 102 Å². The van der Waals surface area contributed by atoms with Gasteiger partial charge in [-0.1, -0.05) is 91.7 Å². The summed E-state index contributed by atoms with van der Waals surface area (Å²) in [6.45, 7) is 2.21. The lowest BCUT2D eigenvalue weighted by atomic mass is 9.83. The summed E-state index contributed by atoms with van der Waals surface area (Å²) in [5.41, 5.74) is 5.60. The Hall–Kier alpha value is -2.54. The van der Waals surface area contributed by atoms with Gasteiger partial charge in [-0.05, 0) is 67.2 Å². The summed E-state index contributed by atoms with van der Waals surface area (Å²) in [6, 6.07) is 31.4. The molecule has 3 atom stereocenters. The average Bonchev–Trinajstić information content (AvgIpc) is 2.93. The van der Waals surface area contributed by atoms with Crippen LogP contribution in [-0.4, -0.2) is 6.04 Å². The van der Waals surface area contributed by atoms with Gasteiger partial charge in [0.15, 0.2) is 0 Å². The monoisotopic (exact) mass is 383 g/mol. The summed E-state index contributed by atoms with van der Waals surface area (Å²) in [5.74, 6) is 1.43. The van der Waals surface area contributed by atoms with Crippen molar-refractivity contribution in [1.82, 2.24) is 0 Å². The fourth-order valence-corrected chi connectivity index (χ4v) is 4.97. The van der Waals surface area contributed by atoms with Crippen LogP contribution in [0, 0.1) is 18.8 Å². The molecular formula is C28H33N. The maximum atomic E-state index is 3.94. The molecule has 0 spiro atoms. The highest BCUT2D eigenvalue weighted by molar-refractivity contribution is 5.51. The van der Waals surface area contributed by atoms with Crippen molar-refractivity contribution >= 4 is 5.69 Å². The van der Waals surface area contributed by atoms with Gasteiger partial charge in [0.25, 0.3) is 0 Å². The summed E-state index contributed by atoms with van der Waals surface area (Å²) < 4.78 is 0. The van der Waals surface area contributed by atoms with Gasteiger partial charge in [-0.3, -0.25) is 0 Å². The van der Waals surface area contributed by atoms with Crippen molar-refractivity contribution in [1.29, 1.82) is 0 Å². The first-order valence-electron chi connectivity index (χ1n) is 11.2. The zero-order valence-electron chi connectivity index (χ0n) is 17.6. The van der Waals surface area contributed by atoms with Gasteiger partial charge in [0.2, 0.25) is 0 Å². The number of benzene rings is 3. The number of rotatable bonds is 6. The topological polar surface area (TPSA) is 12.0 Å². The molecule has 1 nitrogen and oxygen atoms in total. The second-order valence-electron chi connectivity index (χ2n) is 8.74. The normalized spacial score (nSPS) is 22.0. The minimum Gasteiger partial charge on any atom is -0.382 e.